The van der Waals surface area contributed by atoms with E-state index in [9.17, 15) is 18.0 Å². The number of sulfonamides is 1. The molecule has 0 bridgehead atoms. The minimum Gasteiger partial charge on any atom is -0.325 e. The fourth-order valence-corrected chi connectivity index (χ4v) is 8.07. The maximum absolute atomic E-state index is 15.8. The van der Waals surface area contributed by atoms with Crippen LogP contribution in [0, 0.1) is 17.2 Å². The molecule has 5 rings (SSSR count). The van der Waals surface area contributed by atoms with Crippen LogP contribution < -0.4 is 15.4 Å². The number of amides is 1. The van der Waals surface area contributed by atoms with E-state index in [-0.39, 0.29) is 46.1 Å². The average Bonchev–Trinajstić information content (AvgIpc) is 3.27. The summed E-state index contributed by atoms with van der Waals surface area (Å²) in [6.45, 7) is 6.18. The van der Waals surface area contributed by atoms with Crippen LogP contribution in [0.3, 0.4) is 0 Å². The predicted molar refractivity (Wildman–Crippen MR) is 155 cm³/mol. The zero-order valence-corrected chi connectivity index (χ0v) is 25.2. The number of ketones is 1. The van der Waals surface area contributed by atoms with Gasteiger partial charge >= 0.3 is 0 Å². The van der Waals surface area contributed by atoms with E-state index in [1.807, 2.05) is 0 Å². The number of anilines is 1. The molecule has 0 aromatic heterocycles. The summed E-state index contributed by atoms with van der Waals surface area (Å²) < 4.78 is 41.6. The Kier molecular flexibility index (Phi) is 7.62. The van der Waals surface area contributed by atoms with Crippen molar-refractivity contribution in [2.24, 2.45) is 11.3 Å². The van der Waals surface area contributed by atoms with E-state index in [2.05, 4.69) is 36.1 Å². The van der Waals surface area contributed by atoms with Gasteiger partial charge in [-0.1, -0.05) is 62.2 Å². The van der Waals surface area contributed by atoms with Crippen molar-refractivity contribution in [1.82, 2.24) is 10.0 Å². The van der Waals surface area contributed by atoms with Crippen LogP contribution in [0.15, 0.2) is 36.4 Å². The standard InChI is InChI=1S/C29H34Cl2FN3O4S/c1-28(2,3)14-23-29(19-9-8-16(30)13-21(19)33-27(29)37)24(18-6-5-7-20(31)25(18)32)26(34-23)22(36)12-15-10-17(11-15)35-40(4,38)39/h5-9,13,15,17,23-24,26,34-35H,10-12,14H2,1-4H3,(H,33,37)/t15?,17?,23-,24+,26+,29+/m1/s1. The lowest BCUT2D eigenvalue weighted by Gasteiger charge is -2.38. The number of halogens is 3. The third-order valence-electron chi connectivity index (χ3n) is 8.39. The predicted octanol–water partition coefficient (Wildman–Crippen LogP) is 5.17. The van der Waals surface area contributed by atoms with E-state index in [4.69, 9.17) is 23.2 Å². The molecule has 1 amide bonds. The Balaban J connectivity index is 1.59. The minimum absolute atomic E-state index is 0.0143. The number of carbonyl (C=O) groups is 2. The van der Waals surface area contributed by atoms with Gasteiger partial charge in [-0.25, -0.2) is 17.5 Å². The van der Waals surface area contributed by atoms with E-state index in [0.29, 0.717) is 35.5 Å². The van der Waals surface area contributed by atoms with Crippen LogP contribution in [0.5, 0.6) is 0 Å². The lowest BCUT2D eigenvalue weighted by atomic mass is 9.62. The molecule has 1 saturated heterocycles. The number of rotatable bonds is 7. The molecule has 2 heterocycles. The highest BCUT2D eigenvalue weighted by atomic mass is 35.5. The topological polar surface area (TPSA) is 104 Å². The van der Waals surface area contributed by atoms with Crippen molar-refractivity contribution in [3.05, 3.63) is 63.4 Å². The first kappa shape index (κ1) is 29.5. The molecule has 7 nitrogen and oxygen atoms in total. The quantitative estimate of drug-likeness (QED) is 0.402. The van der Waals surface area contributed by atoms with Crippen molar-refractivity contribution >= 4 is 50.6 Å². The number of fused-ring (bicyclic) bond motifs is 2. The van der Waals surface area contributed by atoms with Gasteiger partial charge in [-0.3, -0.25) is 9.59 Å². The van der Waals surface area contributed by atoms with E-state index < -0.39 is 39.3 Å². The Morgan fingerprint density at radius 3 is 2.52 bits per heavy atom. The number of carbonyl (C=O) groups excluding carboxylic acids is 2. The largest absolute Gasteiger partial charge is 0.325 e. The Bertz CT molecular complexity index is 1470. The number of nitrogens with one attached hydrogen (secondary N) is 3. The van der Waals surface area contributed by atoms with Gasteiger partial charge in [0, 0.05) is 35.1 Å². The van der Waals surface area contributed by atoms with Crippen LogP contribution in [0.2, 0.25) is 10.0 Å². The molecular weight excluding hydrogens is 576 g/mol. The van der Waals surface area contributed by atoms with E-state index in [0.717, 1.165) is 6.26 Å². The molecule has 0 unspecified atom stereocenters. The van der Waals surface area contributed by atoms with Crippen molar-refractivity contribution in [1.29, 1.82) is 0 Å². The number of Topliss-reactive ketones (excluding diaryl/α,β-unsaturated/α-hetero) is 1. The number of hydrogen-bond donors (Lipinski definition) is 3. The molecule has 2 aromatic carbocycles. The van der Waals surface area contributed by atoms with Gasteiger partial charge in [0.1, 0.15) is 11.2 Å². The summed E-state index contributed by atoms with van der Waals surface area (Å²) in [6.07, 6.45) is 2.92. The summed E-state index contributed by atoms with van der Waals surface area (Å²) >= 11 is 12.5. The normalized spacial score (nSPS) is 29.8. The van der Waals surface area contributed by atoms with Crippen molar-refractivity contribution < 1.29 is 22.4 Å². The molecule has 216 valence electrons. The first-order valence-electron chi connectivity index (χ1n) is 13.4. The molecule has 1 spiro atoms. The fourth-order valence-electron chi connectivity index (χ4n) is 6.92. The molecule has 3 N–H and O–H groups in total. The van der Waals surface area contributed by atoms with Crippen LogP contribution >= 0.6 is 23.2 Å². The van der Waals surface area contributed by atoms with Gasteiger partial charge in [0.15, 0.2) is 5.78 Å². The maximum atomic E-state index is 15.8. The van der Waals surface area contributed by atoms with Crippen LogP contribution in [0.1, 0.15) is 63.5 Å². The fraction of sp³-hybridized carbons (Fsp3) is 0.517. The van der Waals surface area contributed by atoms with E-state index >= 15 is 4.39 Å². The van der Waals surface area contributed by atoms with Crippen LogP contribution in [0.4, 0.5) is 10.1 Å². The van der Waals surface area contributed by atoms with Crippen LogP contribution in [-0.2, 0) is 25.0 Å². The molecular formula is C29H34Cl2FN3O4S. The third-order valence-corrected chi connectivity index (χ3v) is 9.68. The molecule has 11 heteroatoms. The molecule has 2 aromatic rings. The zero-order chi connectivity index (χ0) is 29.2. The number of hydrogen-bond acceptors (Lipinski definition) is 5. The Morgan fingerprint density at radius 2 is 1.88 bits per heavy atom. The molecule has 0 radical (unpaired) electrons. The van der Waals surface area contributed by atoms with Crippen molar-refractivity contribution in [3.8, 4) is 0 Å². The molecule has 40 heavy (non-hydrogen) atoms. The van der Waals surface area contributed by atoms with Crippen molar-refractivity contribution in [3.63, 3.8) is 0 Å². The van der Waals surface area contributed by atoms with Gasteiger partial charge in [-0.2, -0.15) is 0 Å². The van der Waals surface area contributed by atoms with Gasteiger partial charge in [0.25, 0.3) is 0 Å². The zero-order valence-electron chi connectivity index (χ0n) is 22.9. The van der Waals surface area contributed by atoms with Gasteiger partial charge in [-0.05, 0) is 59.9 Å². The smallest absolute Gasteiger partial charge is 0.237 e. The Hall–Kier alpha value is -2.04. The average molecular weight is 611 g/mol. The molecule has 4 atom stereocenters. The van der Waals surface area contributed by atoms with E-state index in [1.165, 1.54) is 6.07 Å². The lowest BCUT2D eigenvalue weighted by Crippen LogP contribution is -2.49. The van der Waals surface area contributed by atoms with Gasteiger partial charge < -0.3 is 10.6 Å². The second-order valence-electron chi connectivity index (χ2n) is 12.7. The second-order valence-corrected chi connectivity index (χ2v) is 15.3. The molecule has 1 aliphatic carbocycles. The summed E-state index contributed by atoms with van der Waals surface area (Å²) in [7, 11) is -3.34. The molecule has 2 fully saturated rings. The van der Waals surface area contributed by atoms with Crippen LogP contribution in [0.25, 0.3) is 0 Å². The summed E-state index contributed by atoms with van der Waals surface area (Å²) in [4.78, 5) is 28.2. The van der Waals surface area contributed by atoms with Crippen molar-refractivity contribution in [2.45, 2.75) is 75.9 Å². The summed E-state index contributed by atoms with van der Waals surface area (Å²) in [5, 5.41) is 6.85. The maximum Gasteiger partial charge on any atom is 0.237 e. The molecule has 1 saturated carbocycles. The second kappa shape index (κ2) is 10.3. The SMILES string of the molecule is CC(C)(C)C[C@H]1N[C@@H](C(=O)CC2CC(NS(C)(=O)=O)C2)[C@H](c2cccc(Cl)c2F)[C@@]12C(=O)Nc1cc(Cl)ccc12. The first-order valence-corrected chi connectivity index (χ1v) is 16.1. The van der Waals surface area contributed by atoms with Crippen molar-refractivity contribution in [2.75, 3.05) is 11.6 Å². The van der Waals surface area contributed by atoms with Gasteiger partial charge in [-0.15, -0.1) is 0 Å². The van der Waals surface area contributed by atoms with Crippen LogP contribution in [-0.4, -0.2) is 44.5 Å². The summed E-state index contributed by atoms with van der Waals surface area (Å²) in [5.74, 6) is -2.00. The third kappa shape index (κ3) is 5.31. The Morgan fingerprint density at radius 1 is 1.18 bits per heavy atom. The van der Waals surface area contributed by atoms with Gasteiger partial charge in [0.05, 0.1) is 17.3 Å². The highest BCUT2D eigenvalue weighted by molar-refractivity contribution is 7.88. The monoisotopic (exact) mass is 609 g/mol. The summed E-state index contributed by atoms with van der Waals surface area (Å²) in [5.41, 5.74) is -0.0951. The Labute approximate surface area is 244 Å². The number of benzene rings is 2. The first-order chi connectivity index (χ1) is 18.6. The lowest BCUT2D eigenvalue weighted by molar-refractivity contribution is -0.123. The molecule has 3 aliphatic rings. The van der Waals surface area contributed by atoms with Gasteiger partial charge in [0.2, 0.25) is 15.9 Å². The summed E-state index contributed by atoms with van der Waals surface area (Å²) in [6, 6.07) is 8.31. The van der Waals surface area contributed by atoms with E-state index in [1.54, 1.807) is 30.3 Å². The highest BCUT2D eigenvalue weighted by Crippen LogP contribution is 2.57. The minimum atomic E-state index is -3.34. The molecule has 2 aliphatic heterocycles. The highest BCUT2D eigenvalue weighted by Gasteiger charge is 2.66.